The highest BCUT2D eigenvalue weighted by Crippen LogP contribution is 2.46. The largest absolute Gasteiger partial charge is 0.469 e. The molecule has 0 aromatic heterocycles. The molecule has 3 heteroatoms. The first-order valence-electron chi connectivity index (χ1n) is 7.48. The Kier molecular flexibility index (Phi) is 3.55. The molecular weight excluding hydrogens is 250 g/mol. The van der Waals surface area contributed by atoms with E-state index in [1.165, 1.54) is 24.7 Å². The summed E-state index contributed by atoms with van der Waals surface area (Å²) < 4.78 is 5.10. The lowest BCUT2D eigenvalue weighted by molar-refractivity contribution is -0.150. The minimum atomic E-state index is -0.0475. The van der Waals surface area contributed by atoms with Gasteiger partial charge in [0.25, 0.3) is 0 Å². The third-order valence-corrected chi connectivity index (χ3v) is 5.21. The van der Waals surface area contributed by atoms with Gasteiger partial charge in [-0.25, -0.2) is 0 Å². The molecule has 0 radical (unpaired) electrons. The van der Waals surface area contributed by atoms with E-state index >= 15 is 0 Å². The second-order valence-corrected chi connectivity index (χ2v) is 6.27. The van der Waals surface area contributed by atoms with E-state index in [1.54, 1.807) is 0 Å². The molecule has 20 heavy (non-hydrogen) atoms. The molecule has 2 unspecified atom stereocenters. The first kappa shape index (κ1) is 13.6. The lowest BCUT2D eigenvalue weighted by Crippen LogP contribution is -2.49. The molecule has 0 amide bonds. The van der Waals surface area contributed by atoms with E-state index in [0.717, 1.165) is 12.8 Å². The van der Waals surface area contributed by atoms with Gasteiger partial charge in [-0.2, -0.15) is 0 Å². The van der Waals surface area contributed by atoms with Gasteiger partial charge >= 0.3 is 5.97 Å². The van der Waals surface area contributed by atoms with Crippen molar-refractivity contribution in [2.24, 2.45) is 5.92 Å². The van der Waals surface area contributed by atoms with Gasteiger partial charge in [0, 0.05) is 18.0 Å². The predicted octanol–water partition coefficient (Wildman–Crippen LogP) is 2.73. The van der Waals surface area contributed by atoms with E-state index in [-0.39, 0.29) is 11.9 Å². The fraction of sp³-hybridized carbons (Fsp3) is 0.588. The number of rotatable bonds is 2. The first-order valence-corrected chi connectivity index (χ1v) is 7.48. The van der Waals surface area contributed by atoms with Crippen LogP contribution < -0.4 is 0 Å². The van der Waals surface area contributed by atoms with Gasteiger partial charge < -0.3 is 4.74 Å². The Morgan fingerprint density at radius 1 is 1.35 bits per heavy atom. The van der Waals surface area contributed by atoms with Crippen LogP contribution in [0.25, 0.3) is 0 Å². The topological polar surface area (TPSA) is 29.5 Å². The molecule has 2 fully saturated rings. The van der Waals surface area contributed by atoms with Crippen molar-refractivity contribution < 1.29 is 9.53 Å². The molecule has 2 aliphatic rings. The van der Waals surface area contributed by atoms with Crippen LogP contribution in [0, 0.1) is 12.8 Å². The number of hydrogen-bond acceptors (Lipinski definition) is 3. The van der Waals surface area contributed by atoms with Crippen molar-refractivity contribution in [2.75, 3.05) is 14.2 Å². The monoisotopic (exact) mass is 273 g/mol. The average Bonchev–Trinajstić information content (AvgIpc) is 2.69. The Morgan fingerprint density at radius 3 is 2.85 bits per heavy atom. The van der Waals surface area contributed by atoms with Crippen LogP contribution in [0.2, 0.25) is 0 Å². The maximum Gasteiger partial charge on any atom is 0.310 e. The maximum absolute atomic E-state index is 12.3. The van der Waals surface area contributed by atoms with Crippen molar-refractivity contribution in [1.29, 1.82) is 0 Å². The number of piperidine rings is 1. The highest BCUT2D eigenvalue weighted by molar-refractivity contribution is 5.75. The van der Waals surface area contributed by atoms with E-state index in [0.29, 0.717) is 18.0 Å². The van der Waals surface area contributed by atoms with Crippen LogP contribution in [0.4, 0.5) is 0 Å². The quantitative estimate of drug-likeness (QED) is 0.776. The molecule has 1 aromatic rings. The van der Waals surface area contributed by atoms with Crippen LogP contribution in [0.15, 0.2) is 24.3 Å². The van der Waals surface area contributed by atoms with Crippen LogP contribution in [0.5, 0.6) is 0 Å². The lowest BCUT2D eigenvalue weighted by atomic mass is 9.76. The summed E-state index contributed by atoms with van der Waals surface area (Å²) in [7, 11) is 3.67. The van der Waals surface area contributed by atoms with Crippen LogP contribution in [0.1, 0.15) is 36.3 Å². The zero-order valence-corrected chi connectivity index (χ0v) is 12.5. The zero-order valence-electron chi connectivity index (χ0n) is 12.5. The van der Waals surface area contributed by atoms with Crippen LogP contribution >= 0.6 is 0 Å². The van der Waals surface area contributed by atoms with Crippen molar-refractivity contribution in [3.8, 4) is 0 Å². The predicted molar refractivity (Wildman–Crippen MR) is 78.6 cm³/mol. The van der Waals surface area contributed by atoms with Gasteiger partial charge in [0.05, 0.1) is 13.0 Å². The number of esters is 1. The van der Waals surface area contributed by atoms with Crippen molar-refractivity contribution in [1.82, 2.24) is 4.90 Å². The summed E-state index contributed by atoms with van der Waals surface area (Å²) in [6.07, 6.45) is 3.39. The fourth-order valence-corrected chi connectivity index (χ4v) is 4.17. The molecule has 2 aliphatic heterocycles. The normalized spacial score (nSPS) is 33.1. The van der Waals surface area contributed by atoms with Gasteiger partial charge in [0.1, 0.15) is 0 Å². The van der Waals surface area contributed by atoms with Crippen molar-refractivity contribution >= 4 is 5.97 Å². The zero-order chi connectivity index (χ0) is 14.3. The second kappa shape index (κ2) is 5.21. The minimum absolute atomic E-state index is 0.0226. The molecule has 0 aliphatic carbocycles. The summed E-state index contributed by atoms with van der Waals surface area (Å²) in [4.78, 5) is 14.7. The number of fused-ring (bicyclic) bond motifs is 2. The highest BCUT2D eigenvalue weighted by atomic mass is 16.5. The average molecular weight is 273 g/mol. The summed E-state index contributed by atoms with van der Waals surface area (Å²) >= 11 is 0. The number of carbonyl (C=O) groups excluding carboxylic acids is 1. The minimum Gasteiger partial charge on any atom is -0.469 e. The molecule has 0 saturated carbocycles. The number of benzene rings is 1. The van der Waals surface area contributed by atoms with Crippen LogP contribution in [-0.4, -0.2) is 37.1 Å². The smallest absolute Gasteiger partial charge is 0.310 e. The summed E-state index contributed by atoms with van der Waals surface area (Å²) in [6, 6.07) is 9.56. The number of aryl methyl sites for hydroxylation is 1. The Morgan fingerprint density at radius 2 is 2.15 bits per heavy atom. The van der Waals surface area contributed by atoms with E-state index in [1.807, 2.05) is 0 Å². The summed E-state index contributed by atoms with van der Waals surface area (Å²) in [5, 5.41) is 0. The molecule has 4 atom stereocenters. The van der Waals surface area contributed by atoms with E-state index < -0.39 is 0 Å². The molecular formula is C17H23NO2. The molecule has 0 N–H and O–H groups in total. The van der Waals surface area contributed by atoms with Gasteiger partial charge in [-0.15, -0.1) is 0 Å². The molecule has 0 spiro atoms. The van der Waals surface area contributed by atoms with Crippen LogP contribution in [0.3, 0.4) is 0 Å². The Labute approximate surface area is 120 Å². The van der Waals surface area contributed by atoms with Gasteiger partial charge in [0.15, 0.2) is 0 Å². The lowest BCUT2D eigenvalue weighted by Gasteiger charge is -2.41. The maximum atomic E-state index is 12.3. The first-order chi connectivity index (χ1) is 9.61. The number of nitrogens with zero attached hydrogens (tertiary/aromatic N) is 1. The standard InChI is InChI=1S/C17H23NO2/c1-11-5-4-6-12(9-11)14-10-13-7-8-15(18(13)2)16(14)17(19)20-3/h4-6,9,13-16H,7-8,10H2,1-3H3/t13-,14?,15?,16-/m1/s1. The van der Waals surface area contributed by atoms with Crippen LogP contribution in [-0.2, 0) is 9.53 Å². The van der Waals surface area contributed by atoms with Gasteiger partial charge in [0.2, 0.25) is 0 Å². The van der Waals surface area contributed by atoms with Gasteiger partial charge in [-0.3, -0.25) is 9.69 Å². The third kappa shape index (κ3) is 2.14. The molecule has 3 nitrogen and oxygen atoms in total. The molecule has 2 heterocycles. The number of methoxy groups -OCH3 is 1. The summed E-state index contributed by atoms with van der Waals surface area (Å²) in [5.74, 6) is 0.232. The Balaban J connectivity index is 1.97. The van der Waals surface area contributed by atoms with E-state index in [9.17, 15) is 4.79 Å². The molecule has 2 saturated heterocycles. The second-order valence-electron chi connectivity index (χ2n) is 6.27. The molecule has 2 bridgehead atoms. The number of ether oxygens (including phenoxy) is 1. The Hall–Kier alpha value is -1.35. The SMILES string of the molecule is COC(=O)[C@@H]1C(c2cccc(C)c2)C[C@H]2CCC1N2C. The Bertz CT molecular complexity index is 513. The van der Waals surface area contributed by atoms with Crippen molar-refractivity contribution in [3.63, 3.8) is 0 Å². The van der Waals surface area contributed by atoms with Gasteiger partial charge in [-0.1, -0.05) is 29.8 Å². The molecule has 3 rings (SSSR count). The number of carbonyl (C=O) groups is 1. The third-order valence-electron chi connectivity index (χ3n) is 5.21. The highest BCUT2D eigenvalue weighted by Gasteiger charge is 2.49. The molecule has 108 valence electrons. The van der Waals surface area contributed by atoms with E-state index in [2.05, 4.69) is 43.1 Å². The van der Waals surface area contributed by atoms with Crippen molar-refractivity contribution in [3.05, 3.63) is 35.4 Å². The summed E-state index contributed by atoms with van der Waals surface area (Å²) in [6.45, 7) is 2.11. The molecule has 1 aromatic carbocycles. The fourth-order valence-electron chi connectivity index (χ4n) is 4.17. The summed E-state index contributed by atoms with van der Waals surface area (Å²) in [5.41, 5.74) is 2.56. The van der Waals surface area contributed by atoms with Crippen molar-refractivity contribution in [2.45, 2.75) is 44.2 Å². The van der Waals surface area contributed by atoms with E-state index in [4.69, 9.17) is 4.74 Å². The number of hydrogen-bond donors (Lipinski definition) is 0. The van der Waals surface area contributed by atoms with Gasteiger partial charge in [-0.05, 0) is 38.8 Å².